The van der Waals surface area contributed by atoms with Crippen LogP contribution in [0.25, 0.3) is 0 Å². The van der Waals surface area contributed by atoms with Gasteiger partial charge in [0.2, 0.25) is 0 Å². The van der Waals surface area contributed by atoms with Gasteiger partial charge in [-0.25, -0.2) is 0 Å². The normalized spacial score (nSPS) is 24.2. The van der Waals surface area contributed by atoms with Gasteiger partial charge in [-0.2, -0.15) is 0 Å². The van der Waals surface area contributed by atoms with Crippen molar-refractivity contribution in [3.63, 3.8) is 0 Å². The molecule has 2 fully saturated rings. The minimum Gasteiger partial charge on any atom is -0.391 e. The molecule has 1 saturated carbocycles. The highest BCUT2D eigenvalue weighted by Crippen LogP contribution is 2.28. The van der Waals surface area contributed by atoms with Crippen LogP contribution in [0.4, 0.5) is 5.69 Å². The molecular weight excluding hydrogens is 316 g/mol. The van der Waals surface area contributed by atoms with Crippen LogP contribution in [0, 0.1) is 0 Å². The van der Waals surface area contributed by atoms with Crippen molar-refractivity contribution in [3.05, 3.63) is 29.8 Å². The predicted octanol–water partition coefficient (Wildman–Crippen LogP) is 2.68. The first kappa shape index (κ1) is 18.2. The van der Waals surface area contributed by atoms with Crippen LogP contribution in [-0.2, 0) is 4.74 Å². The summed E-state index contributed by atoms with van der Waals surface area (Å²) in [7, 11) is 0. The van der Waals surface area contributed by atoms with E-state index >= 15 is 0 Å². The van der Waals surface area contributed by atoms with Crippen molar-refractivity contribution in [2.45, 2.75) is 51.2 Å². The molecule has 1 saturated heterocycles. The second kappa shape index (κ2) is 8.68. The third kappa shape index (κ3) is 4.15. The molecule has 1 aromatic carbocycles. The third-order valence-electron chi connectivity index (χ3n) is 5.31. The lowest BCUT2D eigenvalue weighted by atomic mass is 9.90. The van der Waals surface area contributed by atoms with Crippen molar-refractivity contribution in [1.82, 2.24) is 4.90 Å². The molecule has 0 radical (unpaired) electrons. The number of hydrogen-bond donors (Lipinski definition) is 1. The van der Waals surface area contributed by atoms with Gasteiger partial charge in [0.1, 0.15) is 0 Å². The Morgan fingerprint density at radius 2 is 1.96 bits per heavy atom. The van der Waals surface area contributed by atoms with Crippen molar-refractivity contribution < 1.29 is 14.6 Å². The standard InChI is InChI=1S/C20H30N2O3/c1-2-11-22(18-9-5-6-10-19(18)23)20(24)16-7-3-4-8-17(16)21-12-14-25-15-13-21/h3-4,7-8,18-19,23H,2,5-6,9-15H2,1H3/t18-,19-/m1/s1. The van der Waals surface area contributed by atoms with E-state index in [0.29, 0.717) is 19.8 Å². The third-order valence-corrected chi connectivity index (χ3v) is 5.31. The minimum atomic E-state index is -0.403. The summed E-state index contributed by atoms with van der Waals surface area (Å²) in [5.74, 6) is 0.0508. The fourth-order valence-corrected chi connectivity index (χ4v) is 4.00. The smallest absolute Gasteiger partial charge is 0.256 e. The summed E-state index contributed by atoms with van der Waals surface area (Å²) >= 11 is 0. The molecular formula is C20H30N2O3. The van der Waals surface area contributed by atoms with Crippen LogP contribution in [0.1, 0.15) is 49.4 Å². The van der Waals surface area contributed by atoms with E-state index < -0.39 is 6.10 Å². The molecule has 1 heterocycles. The highest BCUT2D eigenvalue weighted by molar-refractivity contribution is 6.00. The van der Waals surface area contributed by atoms with Crippen LogP contribution in [0.5, 0.6) is 0 Å². The fourth-order valence-electron chi connectivity index (χ4n) is 4.00. The highest BCUT2D eigenvalue weighted by Gasteiger charge is 2.33. The Hall–Kier alpha value is -1.59. The number of aliphatic hydroxyl groups excluding tert-OH is 1. The summed E-state index contributed by atoms with van der Waals surface area (Å²) in [6.07, 6.45) is 4.32. The molecule has 1 amide bonds. The van der Waals surface area contributed by atoms with Gasteiger partial charge >= 0.3 is 0 Å². The number of aliphatic hydroxyl groups is 1. The number of anilines is 1. The number of ether oxygens (including phenoxy) is 1. The SMILES string of the molecule is CCCN(C(=O)c1ccccc1N1CCOCC1)[C@@H]1CCCC[C@H]1O. The fraction of sp³-hybridized carbons (Fsp3) is 0.650. The van der Waals surface area contributed by atoms with Crippen LogP contribution in [0.2, 0.25) is 0 Å². The molecule has 2 atom stereocenters. The molecule has 5 heteroatoms. The molecule has 138 valence electrons. The zero-order valence-electron chi connectivity index (χ0n) is 15.2. The Balaban J connectivity index is 1.86. The number of rotatable bonds is 5. The summed E-state index contributed by atoms with van der Waals surface area (Å²) in [4.78, 5) is 17.6. The van der Waals surface area contributed by atoms with Crippen molar-refractivity contribution in [1.29, 1.82) is 0 Å². The van der Waals surface area contributed by atoms with Crippen LogP contribution in [0.3, 0.4) is 0 Å². The van der Waals surface area contributed by atoms with E-state index in [-0.39, 0.29) is 11.9 Å². The summed E-state index contributed by atoms with van der Waals surface area (Å²) in [5.41, 5.74) is 1.73. The lowest BCUT2D eigenvalue weighted by Gasteiger charge is -2.38. The van der Waals surface area contributed by atoms with E-state index in [9.17, 15) is 9.90 Å². The lowest BCUT2D eigenvalue weighted by molar-refractivity contribution is 0.0178. The van der Waals surface area contributed by atoms with E-state index in [4.69, 9.17) is 4.74 Å². The van der Waals surface area contributed by atoms with Crippen molar-refractivity contribution in [3.8, 4) is 0 Å². The van der Waals surface area contributed by atoms with E-state index in [0.717, 1.165) is 56.4 Å². The van der Waals surface area contributed by atoms with E-state index in [2.05, 4.69) is 11.8 Å². The Kier molecular flexibility index (Phi) is 6.32. The average Bonchev–Trinajstić information content (AvgIpc) is 2.67. The first-order valence-electron chi connectivity index (χ1n) is 9.63. The van der Waals surface area contributed by atoms with Crippen molar-refractivity contribution in [2.24, 2.45) is 0 Å². The van der Waals surface area contributed by atoms with Crippen LogP contribution >= 0.6 is 0 Å². The molecule has 3 rings (SSSR count). The van der Waals surface area contributed by atoms with E-state index in [1.54, 1.807) is 0 Å². The first-order valence-corrected chi connectivity index (χ1v) is 9.63. The molecule has 1 N–H and O–H groups in total. The lowest BCUT2D eigenvalue weighted by Crippen LogP contribution is -2.49. The number of morpholine rings is 1. The zero-order valence-corrected chi connectivity index (χ0v) is 15.2. The topological polar surface area (TPSA) is 53.0 Å². The van der Waals surface area contributed by atoms with Gasteiger partial charge in [0.15, 0.2) is 0 Å². The van der Waals surface area contributed by atoms with Gasteiger partial charge in [-0.15, -0.1) is 0 Å². The number of benzene rings is 1. The molecule has 0 bridgehead atoms. The molecule has 2 aliphatic rings. The van der Waals surface area contributed by atoms with Gasteiger partial charge in [0, 0.05) is 25.3 Å². The largest absolute Gasteiger partial charge is 0.391 e. The quantitative estimate of drug-likeness (QED) is 0.891. The van der Waals surface area contributed by atoms with Crippen molar-refractivity contribution in [2.75, 3.05) is 37.7 Å². The van der Waals surface area contributed by atoms with Crippen LogP contribution in [-0.4, -0.2) is 60.9 Å². The Bertz CT molecular complexity index is 572. The summed E-state index contributed by atoms with van der Waals surface area (Å²) in [6.45, 7) is 5.79. The Labute approximate surface area is 150 Å². The Morgan fingerprint density at radius 1 is 1.24 bits per heavy atom. The Morgan fingerprint density at radius 3 is 2.68 bits per heavy atom. The molecule has 0 unspecified atom stereocenters. The zero-order chi connectivity index (χ0) is 17.6. The van der Waals surface area contributed by atoms with Gasteiger partial charge in [-0.1, -0.05) is 31.9 Å². The van der Waals surface area contributed by atoms with Gasteiger partial charge in [0.25, 0.3) is 5.91 Å². The second-order valence-electron chi connectivity index (χ2n) is 7.03. The van der Waals surface area contributed by atoms with E-state index in [1.165, 1.54) is 0 Å². The average molecular weight is 346 g/mol. The van der Waals surface area contributed by atoms with Crippen LogP contribution < -0.4 is 4.90 Å². The molecule has 5 nitrogen and oxygen atoms in total. The summed E-state index contributed by atoms with van der Waals surface area (Å²) < 4.78 is 5.45. The molecule has 0 spiro atoms. The number of amides is 1. The molecule has 25 heavy (non-hydrogen) atoms. The molecule has 1 aromatic rings. The number of carbonyl (C=O) groups is 1. The predicted molar refractivity (Wildman–Crippen MR) is 99.1 cm³/mol. The number of nitrogens with zero attached hydrogens (tertiary/aromatic N) is 2. The summed E-state index contributed by atoms with van der Waals surface area (Å²) in [5, 5.41) is 10.5. The maximum Gasteiger partial charge on any atom is 0.256 e. The molecule has 0 aromatic heterocycles. The number of carbonyl (C=O) groups excluding carboxylic acids is 1. The highest BCUT2D eigenvalue weighted by atomic mass is 16.5. The monoisotopic (exact) mass is 346 g/mol. The first-order chi connectivity index (χ1) is 12.2. The summed E-state index contributed by atoms with van der Waals surface area (Å²) in [6, 6.07) is 7.81. The van der Waals surface area contributed by atoms with Crippen LogP contribution in [0.15, 0.2) is 24.3 Å². The van der Waals surface area contributed by atoms with Gasteiger partial charge < -0.3 is 19.6 Å². The maximum atomic E-state index is 13.4. The van der Waals surface area contributed by atoms with Crippen molar-refractivity contribution >= 4 is 11.6 Å². The van der Waals surface area contributed by atoms with E-state index in [1.807, 2.05) is 29.2 Å². The second-order valence-corrected chi connectivity index (χ2v) is 7.03. The maximum absolute atomic E-state index is 13.4. The molecule has 1 aliphatic carbocycles. The number of hydrogen-bond acceptors (Lipinski definition) is 4. The molecule has 1 aliphatic heterocycles. The van der Waals surface area contributed by atoms with Gasteiger partial charge in [0.05, 0.1) is 30.9 Å². The number of para-hydroxylation sites is 1. The van der Waals surface area contributed by atoms with Gasteiger partial charge in [-0.3, -0.25) is 4.79 Å². The van der Waals surface area contributed by atoms with Gasteiger partial charge in [-0.05, 0) is 31.4 Å². The minimum absolute atomic E-state index is 0.0508.